The summed E-state index contributed by atoms with van der Waals surface area (Å²) in [7, 11) is 1.37. The highest BCUT2D eigenvalue weighted by atomic mass is 16.5. The third-order valence-electron chi connectivity index (χ3n) is 5.94. The Labute approximate surface area is 181 Å². The molecule has 1 aliphatic heterocycles. The molecule has 1 aliphatic carbocycles. The van der Waals surface area contributed by atoms with Crippen molar-refractivity contribution in [2.24, 2.45) is 0 Å². The first kappa shape index (κ1) is 18.7. The van der Waals surface area contributed by atoms with Crippen LogP contribution in [0.5, 0.6) is 0 Å². The number of H-pyrrole nitrogens is 1. The van der Waals surface area contributed by atoms with Gasteiger partial charge < -0.3 is 15.0 Å². The maximum atomic E-state index is 12.6. The number of nitrogens with one attached hydrogen (secondary N) is 2. The van der Waals surface area contributed by atoms with E-state index in [1.54, 1.807) is 4.52 Å². The lowest BCUT2D eigenvalue weighted by Crippen LogP contribution is -2.38. The number of aromatic nitrogens is 9. The van der Waals surface area contributed by atoms with Gasteiger partial charge in [0.05, 0.1) is 13.2 Å². The molecule has 164 valence electrons. The van der Waals surface area contributed by atoms with Gasteiger partial charge >= 0.3 is 5.97 Å². The van der Waals surface area contributed by atoms with E-state index in [2.05, 4.69) is 36.0 Å². The van der Waals surface area contributed by atoms with Crippen molar-refractivity contribution < 1.29 is 9.53 Å². The van der Waals surface area contributed by atoms with Crippen LogP contribution in [0.25, 0.3) is 5.52 Å². The van der Waals surface area contributed by atoms with Crippen molar-refractivity contribution in [3.63, 3.8) is 0 Å². The Bertz CT molecular complexity index is 1260. The van der Waals surface area contributed by atoms with E-state index in [4.69, 9.17) is 9.72 Å². The van der Waals surface area contributed by atoms with E-state index < -0.39 is 6.04 Å². The zero-order valence-electron chi connectivity index (χ0n) is 17.3. The van der Waals surface area contributed by atoms with Crippen molar-refractivity contribution in [2.45, 2.75) is 37.3 Å². The molecule has 1 saturated carbocycles. The minimum atomic E-state index is -0.566. The molecule has 2 aliphatic rings. The summed E-state index contributed by atoms with van der Waals surface area (Å²) in [4.78, 5) is 20.6. The molecule has 2 atom stereocenters. The number of methoxy groups -OCH3 is 1. The Balaban J connectivity index is 1.36. The summed E-state index contributed by atoms with van der Waals surface area (Å²) in [6.45, 7) is 0.441. The standard InChI is InChI=1S/C19H21N11O2/c1-32-18(31)15-7-12(30-21-10-20-27-30)9-28(15)19-23-17(14-3-2-6-29(14)26-19)22-16-8-13(24-25-16)11-4-5-11/h2-3,6,8,10-12,15H,4-5,7,9H2,1H3,(H2,22,23,24,25,26)/t12-,15-/m0/s1. The third kappa shape index (κ3) is 3.21. The number of nitrogens with zero attached hydrogens (tertiary/aromatic N) is 9. The zero-order chi connectivity index (χ0) is 21.7. The molecule has 0 amide bonds. The van der Waals surface area contributed by atoms with Gasteiger partial charge in [-0.3, -0.25) is 5.10 Å². The number of esters is 1. The number of hydrogen-bond acceptors (Lipinski definition) is 10. The van der Waals surface area contributed by atoms with E-state index >= 15 is 0 Å². The first-order valence-electron chi connectivity index (χ1n) is 10.4. The van der Waals surface area contributed by atoms with Crippen LogP contribution < -0.4 is 10.2 Å². The Hall–Kier alpha value is -4.03. The summed E-state index contributed by atoms with van der Waals surface area (Å²) >= 11 is 0. The summed E-state index contributed by atoms with van der Waals surface area (Å²) in [6, 6.07) is 5.10. The van der Waals surface area contributed by atoms with Gasteiger partial charge in [-0.2, -0.15) is 14.9 Å². The van der Waals surface area contributed by atoms with Crippen molar-refractivity contribution >= 4 is 29.1 Å². The van der Waals surface area contributed by atoms with Crippen LogP contribution in [0.3, 0.4) is 0 Å². The third-order valence-corrected chi connectivity index (χ3v) is 5.94. The second kappa shape index (κ2) is 7.28. The summed E-state index contributed by atoms with van der Waals surface area (Å²) < 4.78 is 6.77. The number of carbonyl (C=O) groups excluding carboxylic acids is 1. The van der Waals surface area contributed by atoms with E-state index in [-0.39, 0.29) is 12.0 Å². The molecule has 6 rings (SSSR count). The molecule has 4 aromatic rings. The molecule has 0 unspecified atom stereocenters. The van der Waals surface area contributed by atoms with Crippen LogP contribution >= 0.6 is 0 Å². The highest BCUT2D eigenvalue weighted by Gasteiger charge is 2.41. The molecular weight excluding hydrogens is 414 g/mol. The lowest BCUT2D eigenvalue weighted by atomic mass is 10.2. The van der Waals surface area contributed by atoms with E-state index in [9.17, 15) is 4.79 Å². The van der Waals surface area contributed by atoms with Gasteiger partial charge in [0.25, 0.3) is 0 Å². The fourth-order valence-corrected chi connectivity index (χ4v) is 4.17. The number of fused-ring (bicyclic) bond motifs is 1. The van der Waals surface area contributed by atoms with Crippen molar-refractivity contribution in [3.05, 3.63) is 36.4 Å². The van der Waals surface area contributed by atoms with Crippen LogP contribution in [0.15, 0.2) is 30.7 Å². The minimum absolute atomic E-state index is 0.158. The molecule has 0 spiro atoms. The molecule has 13 nitrogen and oxygen atoms in total. The number of ether oxygens (including phenoxy) is 1. The highest BCUT2D eigenvalue weighted by Crippen LogP contribution is 2.40. The van der Waals surface area contributed by atoms with E-state index in [0.29, 0.717) is 36.5 Å². The van der Waals surface area contributed by atoms with Crippen LogP contribution in [0.4, 0.5) is 17.6 Å². The summed E-state index contributed by atoms with van der Waals surface area (Å²) in [5, 5.41) is 27.3. The van der Waals surface area contributed by atoms with Crippen LogP contribution in [-0.2, 0) is 9.53 Å². The monoisotopic (exact) mass is 435 g/mol. The van der Waals surface area contributed by atoms with Gasteiger partial charge in [0, 0.05) is 36.8 Å². The smallest absolute Gasteiger partial charge is 0.328 e. The van der Waals surface area contributed by atoms with Crippen molar-refractivity contribution in [3.8, 4) is 0 Å². The van der Waals surface area contributed by atoms with Crippen molar-refractivity contribution in [2.75, 3.05) is 23.9 Å². The lowest BCUT2D eigenvalue weighted by Gasteiger charge is -2.23. The van der Waals surface area contributed by atoms with Gasteiger partial charge in [0.15, 0.2) is 18.0 Å². The Kier molecular flexibility index (Phi) is 4.26. The van der Waals surface area contributed by atoms with Gasteiger partial charge in [-0.25, -0.2) is 9.31 Å². The molecule has 2 N–H and O–H groups in total. The van der Waals surface area contributed by atoms with Crippen LogP contribution in [0.1, 0.15) is 36.9 Å². The van der Waals surface area contributed by atoms with Gasteiger partial charge in [0.1, 0.15) is 11.6 Å². The summed E-state index contributed by atoms with van der Waals surface area (Å²) in [5.41, 5.74) is 1.93. The predicted octanol–water partition coefficient (Wildman–Crippen LogP) is 1.05. The Morgan fingerprint density at radius 1 is 1.34 bits per heavy atom. The molecule has 0 aromatic carbocycles. The first-order chi connectivity index (χ1) is 15.7. The van der Waals surface area contributed by atoms with Crippen LogP contribution in [0.2, 0.25) is 0 Å². The number of hydrogen-bond donors (Lipinski definition) is 2. The van der Waals surface area contributed by atoms with E-state index in [0.717, 1.165) is 11.2 Å². The first-order valence-corrected chi connectivity index (χ1v) is 10.4. The van der Waals surface area contributed by atoms with Gasteiger partial charge in [0.2, 0.25) is 5.95 Å². The molecule has 4 aromatic heterocycles. The van der Waals surface area contributed by atoms with Gasteiger partial charge in [-0.1, -0.05) is 0 Å². The molecule has 0 bridgehead atoms. The average molecular weight is 435 g/mol. The molecule has 13 heteroatoms. The number of aromatic amines is 1. The highest BCUT2D eigenvalue weighted by molar-refractivity contribution is 5.81. The second-order valence-corrected chi connectivity index (χ2v) is 8.04. The molecular formula is C19H21N11O2. The van der Waals surface area contributed by atoms with Crippen LogP contribution in [0, 0.1) is 0 Å². The van der Waals surface area contributed by atoms with E-state index in [1.807, 2.05) is 29.3 Å². The second-order valence-electron chi connectivity index (χ2n) is 8.04. The topological polar surface area (TPSA) is 144 Å². The maximum Gasteiger partial charge on any atom is 0.328 e. The fourth-order valence-electron chi connectivity index (χ4n) is 4.17. The molecule has 0 radical (unpaired) electrons. The minimum Gasteiger partial charge on any atom is -0.467 e. The van der Waals surface area contributed by atoms with Gasteiger partial charge in [-0.05, 0) is 30.2 Å². The van der Waals surface area contributed by atoms with Gasteiger partial charge in [-0.15, -0.1) is 15.3 Å². The number of carbonyl (C=O) groups is 1. The predicted molar refractivity (Wildman–Crippen MR) is 111 cm³/mol. The lowest BCUT2D eigenvalue weighted by molar-refractivity contribution is -0.142. The SMILES string of the molecule is COC(=O)[C@@H]1C[C@H](n2ncnn2)CN1c1nc(Nc2cc(C3CC3)[nH]n2)c2cccn2n1. The summed E-state index contributed by atoms with van der Waals surface area (Å²) in [6.07, 6.45) is 6.05. The van der Waals surface area contributed by atoms with E-state index in [1.165, 1.54) is 31.1 Å². The zero-order valence-corrected chi connectivity index (χ0v) is 17.3. The van der Waals surface area contributed by atoms with Crippen molar-refractivity contribution in [1.82, 2.24) is 45.0 Å². The molecule has 2 fully saturated rings. The molecule has 5 heterocycles. The average Bonchev–Trinajstić information content (AvgIpc) is 3.29. The number of rotatable bonds is 6. The molecule has 1 saturated heterocycles. The Morgan fingerprint density at radius 3 is 3.03 bits per heavy atom. The normalized spacial score (nSPS) is 20.7. The van der Waals surface area contributed by atoms with Crippen molar-refractivity contribution in [1.29, 1.82) is 0 Å². The quantitative estimate of drug-likeness (QED) is 0.422. The Morgan fingerprint density at radius 2 is 2.25 bits per heavy atom. The number of tetrazole rings is 1. The summed E-state index contributed by atoms with van der Waals surface area (Å²) in [5.74, 6) is 1.89. The maximum absolute atomic E-state index is 12.6. The molecule has 32 heavy (non-hydrogen) atoms. The fraction of sp³-hybridized carbons (Fsp3) is 0.421. The largest absolute Gasteiger partial charge is 0.467 e. The number of anilines is 3. The van der Waals surface area contributed by atoms with Crippen LogP contribution in [-0.4, -0.2) is 70.7 Å².